The highest BCUT2D eigenvalue weighted by Gasteiger charge is 2.32. The Morgan fingerprint density at radius 1 is 1.07 bits per heavy atom. The van der Waals surface area contributed by atoms with E-state index in [1.54, 1.807) is 32.9 Å². The molecule has 2 unspecified atom stereocenters. The molecule has 0 aliphatic carbocycles. The molecule has 218 valence electrons. The molecule has 0 spiro atoms. The third kappa shape index (κ3) is 7.55. The van der Waals surface area contributed by atoms with Gasteiger partial charge in [-0.15, -0.1) is 0 Å². The minimum absolute atomic E-state index is 0.121. The van der Waals surface area contributed by atoms with E-state index < -0.39 is 42.4 Å². The van der Waals surface area contributed by atoms with Gasteiger partial charge in [-0.1, -0.05) is 11.6 Å². The van der Waals surface area contributed by atoms with Crippen molar-refractivity contribution >= 4 is 40.6 Å². The summed E-state index contributed by atoms with van der Waals surface area (Å²) in [6.07, 6.45) is -1.14. The van der Waals surface area contributed by atoms with Gasteiger partial charge < -0.3 is 28.3 Å². The maximum absolute atomic E-state index is 13.5. The number of amides is 1. The lowest BCUT2D eigenvalue weighted by Gasteiger charge is -2.33. The molecule has 1 amide bonds. The monoisotopic (exact) mass is 589 g/mol. The summed E-state index contributed by atoms with van der Waals surface area (Å²) in [5.74, 6) is -1.74. The molecule has 2 atom stereocenters. The quantitative estimate of drug-likeness (QED) is 0.195. The lowest BCUT2D eigenvalue weighted by Crippen LogP contribution is -2.47. The Kier molecular flexibility index (Phi) is 9.49. The first-order valence-corrected chi connectivity index (χ1v) is 13.4. The molecule has 4 rings (SSSR count). The maximum atomic E-state index is 13.5. The van der Waals surface area contributed by atoms with Crippen molar-refractivity contribution in [2.45, 2.75) is 45.8 Å². The van der Waals surface area contributed by atoms with Crippen molar-refractivity contribution in [2.24, 2.45) is 5.92 Å². The number of carbonyl (C=O) groups is 3. The van der Waals surface area contributed by atoms with E-state index in [-0.39, 0.29) is 34.9 Å². The van der Waals surface area contributed by atoms with Gasteiger partial charge in [-0.25, -0.2) is 14.0 Å². The number of benzene rings is 2. The summed E-state index contributed by atoms with van der Waals surface area (Å²) in [6.45, 7) is 4.87. The van der Waals surface area contributed by atoms with Gasteiger partial charge in [-0.2, -0.15) is 0 Å². The summed E-state index contributed by atoms with van der Waals surface area (Å²) in [5, 5.41) is 0.685. The summed E-state index contributed by atoms with van der Waals surface area (Å²) >= 11 is 6.22. The maximum Gasteiger partial charge on any atom is 0.511 e. The molecule has 12 heteroatoms. The number of halogens is 2. The van der Waals surface area contributed by atoms with Crippen molar-refractivity contribution in [3.63, 3.8) is 0 Å². The molecule has 1 saturated heterocycles. The van der Waals surface area contributed by atoms with Crippen LogP contribution in [-0.2, 0) is 23.8 Å². The zero-order valence-corrected chi connectivity index (χ0v) is 23.4. The second-order valence-electron chi connectivity index (χ2n) is 9.79. The zero-order valence-electron chi connectivity index (χ0n) is 22.7. The van der Waals surface area contributed by atoms with E-state index in [2.05, 4.69) is 0 Å². The Morgan fingerprint density at radius 3 is 2.59 bits per heavy atom. The second kappa shape index (κ2) is 13.0. The average molecular weight is 590 g/mol. The standard InChI is InChI=1S/C29H29ClFNO9/c1-16(2)39-29(36)38-15-37-28(35)18-5-4-10-32(14-18)27(34)17(3)40-20-7-9-22-23(13-26(33)41-25(22)12-20)21-8-6-19(31)11-24(21)30/h6-9,11-13,16-18H,4-5,10,14-15H2,1-3H3. The lowest BCUT2D eigenvalue weighted by atomic mass is 9.98. The highest BCUT2D eigenvalue weighted by Crippen LogP contribution is 2.34. The molecule has 0 bridgehead atoms. The van der Waals surface area contributed by atoms with Gasteiger partial charge in [-0.3, -0.25) is 9.59 Å². The largest absolute Gasteiger partial charge is 0.511 e. The zero-order chi connectivity index (χ0) is 29.7. The Balaban J connectivity index is 1.40. The average Bonchev–Trinajstić information content (AvgIpc) is 2.91. The Morgan fingerprint density at radius 2 is 1.85 bits per heavy atom. The van der Waals surface area contributed by atoms with Gasteiger partial charge in [0.2, 0.25) is 6.79 Å². The highest BCUT2D eigenvalue weighted by atomic mass is 35.5. The predicted octanol–water partition coefficient (Wildman–Crippen LogP) is 5.32. The van der Waals surface area contributed by atoms with E-state index in [1.807, 2.05) is 0 Å². The fourth-order valence-electron chi connectivity index (χ4n) is 4.51. The van der Waals surface area contributed by atoms with Gasteiger partial charge in [0, 0.05) is 41.7 Å². The first kappa shape index (κ1) is 29.9. The Labute approximate surface area is 239 Å². The molecule has 10 nitrogen and oxygen atoms in total. The third-order valence-electron chi connectivity index (χ3n) is 6.37. The molecule has 1 fully saturated rings. The van der Waals surface area contributed by atoms with Crippen LogP contribution in [-0.4, -0.2) is 55.0 Å². The van der Waals surface area contributed by atoms with E-state index in [1.165, 1.54) is 29.2 Å². The number of rotatable bonds is 8. The van der Waals surface area contributed by atoms with Gasteiger partial charge >= 0.3 is 17.8 Å². The van der Waals surface area contributed by atoms with Crippen molar-refractivity contribution in [1.29, 1.82) is 0 Å². The molecule has 2 aromatic carbocycles. The Hall–Kier alpha value is -4.12. The molecule has 41 heavy (non-hydrogen) atoms. The summed E-state index contributed by atoms with van der Waals surface area (Å²) in [4.78, 5) is 50.8. The fourth-order valence-corrected chi connectivity index (χ4v) is 4.78. The lowest BCUT2D eigenvalue weighted by molar-refractivity contribution is -0.161. The summed E-state index contributed by atoms with van der Waals surface area (Å²) in [5.41, 5.74) is 0.488. The molecule has 1 aliphatic rings. The highest BCUT2D eigenvalue weighted by molar-refractivity contribution is 6.33. The van der Waals surface area contributed by atoms with Crippen LogP contribution in [0.2, 0.25) is 5.02 Å². The minimum atomic E-state index is -0.942. The van der Waals surface area contributed by atoms with Crippen LogP contribution >= 0.6 is 11.6 Å². The van der Waals surface area contributed by atoms with Crippen LogP contribution in [0.3, 0.4) is 0 Å². The van der Waals surface area contributed by atoms with Crippen molar-refractivity contribution in [2.75, 3.05) is 19.9 Å². The number of hydrogen-bond donors (Lipinski definition) is 0. The van der Waals surface area contributed by atoms with Crippen molar-refractivity contribution in [3.05, 3.63) is 63.7 Å². The molecule has 1 aliphatic heterocycles. The van der Waals surface area contributed by atoms with Crippen LogP contribution in [0, 0.1) is 11.7 Å². The molecule has 1 aromatic heterocycles. The first-order valence-electron chi connectivity index (χ1n) is 13.0. The van der Waals surface area contributed by atoms with Crippen molar-refractivity contribution in [1.82, 2.24) is 4.90 Å². The van der Waals surface area contributed by atoms with Gasteiger partial charge in [0.25, 0.3) is 5.91 Å². The van der Waals surface area contributed by atoms with Crippen LogP contribution in [0.1, 0.15) is 33.6 Å². The van der Waals surface area contributed by atoms with Gasteiger partial charge in [0.15, 0.2) is 6.10 Å². The molecule has 0 saturated carbocycles. The topological polar surface area (TPSA) is 122 Å². The number of fused-ring (bicyclic) bond motifs is 1. The normalized spacial score (nSPS) is 15.9. The van der Waals surface area contributed by atoms with E-state index >= 15 is 0 Å². The van der Waals surface area contributed by atoms with Crippen molar-refractivity contribution in [3.8, 4) is 16.9 Å². The smallest absolute Gasteiger partial charge is 0.481 e. The number of piperidine rings is 1. The van der Waals surface area contributed by atoms with Crippen LogP contribution < -0.4 is 10.4 Å². The van der Waals surface area contributed by atoms with Crippen LogP contribution in [0.5, 0.6) is 5.75 Å². The number of carbonyl (C=O) groups excluding carboxylic acids is 3. The van der Waals surface area contributed by atoms with Crippen molar-refractivity contribution < 1.29 is 42.1 Å². The minimum Gasteiger partial charge on any atom is -0.481 e. The number of nitrogens with zero attached hydrogens (tertiary/aromatic N) is 1. The summed E-state index contributed by atoms with van der Waals surface area (Å²) < 4.78 is 39.3. The van der Waals surface area contributed by atoms with E-state index in [0.717, 1.165) is 6.07 Å². The van der Waals surface area contributed by atoms with Gasteiger partial charge in [-0.05, 0) is 63.9 Å². The van der Waals surface area contributed by atoms with E-state index in [0.29, 0.717) is 35.9 Å². The first-order chi connectivity index (χ1) is 19.5. The molecule has 0 N–H and O–H groups in total. The van der Waals surface area contributed by atoms with Gasteiger partial charge in [0.1, 0.15) is 17.1 Å². The Bertz CT molecular complexity index is 1510. The molecular weight excluding hydrogens is 561 g/mol. The van der Waals surface area contributed by atoms with Crippen LogP contribution in [0.15, 0.2) is 51.7 Å². The van der Waals surface area contributed by atoms with E-state index in [9.17, 15) is 23.6 Å². The second-order valence-corrected chi connectivity index (χ2v) is 10.2. The SMILES string of the molecule is CC(C)OC(=O)OCOC(=O)C1CCCN(C(=O)C(C)Oc2ccc3c(-c4ccc(F)cc4Cl)cc(=O)oc3c2)C1. The molecule has 2 heterocycles. The number of likely N-dealkylation sites (tertiary alicyclic amines) is 1. The fraction of sp³-hybridized carbons (Fsp3) is 0.379. The molecule has 3 aromatic rings. The third-order valence-corrected chi connectivity index (χ3v) is 6.69. The number of hydrogen-bond acceptors (Lipinski definition) is 9. The van der Waals surface area contributed by atoms with Crippen LogP contribution in [0.4, 0.5) is 9.18 Å². The molecule has 0 radical (unpaired) electrons. The predicted molar refractivity (Wildman–Crippen MR) is 146 cm³/mol. The number of ether oxygens (including phenoxy) is 4. The van der Waals surface area contributed by atoms with Crippen LogP contribution in [0.25, 0.3) is 22.1 Å². The summed E-state index contributed by atoms with van der Waals surface area (Å²) in [7, 11) is 0. The molecular formula is C29H29ClFNO9. The number of esters is 1. The van der Waals surface area contributed by atoms with E-state index in [4.69, 9.17) is 35.0 Å². The van der Waals surface area contributed by atoms with Gasteiger partial charge in [0.05, 0.1) is 17.0 Å². The summed E-state index contributed by atoms with van der Waals surface area (Å²) in [6, 6.07) is 9.92.